The molecule has 2 N–H and O–H groups in total. The van der Waals surface area contributed by atoms with Crippen LogP contribution in [0.4, 0.5) is 0 Å². The van der Waals surface area contributed by atoms with E-state index >= 15 is 0 Å². The summed E-state index contributed by atoms with van der Waals surface area (Å²) in [5.41, 5.74) is 9.95. The van der Waals surface area contributed by atoms with Crippen molar-refractivity contribution in [2.75, 3.05) is 0 Å². The van der Waals surface area contributed by atoms with Crippen LogP contribution < -0.4 is 0 Å². The van der Waals surface area contributed by atoms with Gasteiger partial charge in [-0.2, -0.15) is 0 Å². The Labute approximate surface area is 213 Å². The van der Waals surface area contributed by atoms with Crippen molar-refractivity contribution in [3.63, 3.8) is 0 Å². The molecule has 3 heteroatoms. The third kappa shape index (κ3) is 4.66. The lowest BCUT2D eigenvalue weighted by molar-refractivity contribution is 0.573. The van der Waals surface area contributed by atoms with Crippen LogP contribution >= 0.6 is 11.3 Å². The highest BCUT2D eigenvalue weighted by Gasteiger charge is 2.24. The summed E-state index contributed by atoms with van der Waals surface area (Å²) in [5.74, 6) is 0. The molecule has 0 fully saturated rings. The van der Waals surface area contributed by atoms with Gasteiger partial charge in [0.05, 0.1) is 11.4 Å². The number of hydrogen-bond donors (Lipinski definition) is 2. The molecule has 2 nitrogen and oxygen atoms in total. The van der Waals surface area contributed by atoms with Crippen molar-refractivity contribution >= 4 is 11.3 Å². The molecule has 5 rings (SSSR count). The highest BCUT2D eigenvalue weighted by Crippen LogP contribution is 2.44. The fraction of sp³-hybridized carbons (Fsp3) is 0.250. The molecule has 178 valence electrons. The summed E-state index contributed by atoms with van der Waals surface area (Å²) < 4.78 is 0. The number of H-pyrrole nitrogens is 2. The van der Waals surface area contributed by atoms with Crippen molar-refractivity contribution < 1.29 is 0 Å². The molecule has 0 aliphatic heterocycles. The minimum absolute atomic E-state index is 0.0462. The second kappa shape index (κ2) is 8.73. The third-order valence-electron chi connectivity index (χ3n) is 6.51. The summed E-state index contributed by atoms with van der Waals surface area (Å²) in [5, 5.41) is 0. The van der Waals surface area contributed by atoms with Gasteiger partial charge in [0, 0.05) is 43.1 Å². The standard InChI is InChI=1S/C32H34N2S/c1-31(2,3)27-19-23(29(33-27)21-13-9-7-10-14-21)25-17-18-26(35-25)24-20-28(32(4,5)6)34-30(24)22-15-11-8-12-16-22/h7-20,33-34H,1-6H3. The monoisotopic (exact) mass is 478 g/mol. The molecule has 0 spiro atoms. The molecule has 0 atom stereocenters. The maximum atomic E-state index is 3.75. The molecule has 3 heterocycles. The molecule has 0 bridgehead atoms. The number of hydrogen-bond acceptors (Lipinski definition) is 1. The highest BCUT2D eigenvalue weighted by molar-refractivity contribution is 7.19. The van der Waals surface area contributed by atoms with Gasteiger partial charge < -0.3 is 9.97 Å². The van der Waals surface area contributed by atoms with Gasteiger partial charge in [0.2, 0.25) is 0 Å². The highest BCUT2D eigenvalue weighted by atomic mass is 32.1. The first-order valence-corrected chi connectivity index (χ1v) is 13.1. The maximum Gasteiger partial charge on any atom is 0.0544 e. The molecular formula is C32H34N2S. The van der Waals surface area contributed by atoms with Crippen LogP contribution in [-0.2, 0) is 10.8 Å². The zero-order valence-corrected chi connectivity index (χ0v) is 22.3. The Morgan fingerprint density at radius 2 is 0.886 bits per heavy atom. The van der Waals surface area contributed by atoms with Crippen LogP contribution in [0.2, 0.25) is 0 Å². The number of thiophene rings is 1. The van der Waals surface area contributed by atoms with E-state index in [1.807, 2.05) is 11.3 Å². The van der Waals surface area contributed by atoms with Gasteiger partial charge in [-0.15, -0.1) is 11.3 Å². The summed E-state index contributed by atoms with van der Waals surface area (Å²) in [4.78, 5) is 10.1. The first-order valence-electron chi connectivity index (χ1n) is 12.3. The van der Waals surface area contributed by atoms with Crippen LogP contribution in [0.3, 0.4) is 0 Å². The van der Waals surface area contributed by atoms with E-state index in [0.29, 0.717) is 0 Å². The van der Waals surface area contributed by atoms with Gasteiger partial charge in [-0.05, 0) is 35.4 Å². The molecule has 0 unspecified atom stereocenters. The Hall–Kier alpha value is -3.30. The van der Waals surface area contributed by atoms with E-state index in [9.17, 15) is 0 Å². The molecule has 0 saturated heterocycles. The van der Waals surface area contributed by atoms with Crippen LogP contribution in [0.15, 0.2) is 84.9 Å². The molecule has 0 aliphatic carbocycles. The minimum Gasteiger partial charge on any atom is -0.357 e. The van der Waals surface area contributed by atoms with E-state index in [0.717, 1.165) is 0 Å². The van der Waals surface area contributed by atoms with Gasteiger partial charge in [0.15, 0.2) is 0 Å². The van der Waals surface area contributed by atoms with E-state index in [4.69, 9.17) is 0 Å². The Bertz CT molecular complexity index is 1320. The fourth-order valence-electron chi connectivity index (χ4n) is 4.40. The smallest absolute Gasteiger partial charge is 0.0544 e. The van der Waals surface area contributed by atoms with Crippen molar-refractivity contribution in [3.05, 3.63) is 96.3 Å². The van der Waals surface area contributed by atoms with Gasteiger partial charge in [-0.3, -0.25) is 0 Å². The first kappa shape index (κ1) is 23.4. The van der Waals surface area contributed by atoms with Gasteiger partial charge in [-0.1, -0.05) is 102 Å². The van der Waals surface area contributed by atoms with Gasteiger partial charge in [-0.25, -0.2) is 0 Å². The van der Waals surface area contributed by atoms with Crippen molar-refractivity contribution in [1.82, 2.24) is 9.97 Å². The van der Waals surface area contributed by atoms with Crippen molar-refractivity contribution in [1.29, 1.82) is 0 Å². The van der Waals surface area contributed by atoms with Gasteiger partial charge in [0.25, 0.3) is 0 Å². The number of benzene rings is 2. The Morgan fingerprint density at radius 3 is 1.23 bits per heavy atom. The maximum absolute atomic E-state index is 3.75. The van der Waals surface area contributed by atoms with Crippen molar-refractivity contribution in [3.8, 4) is 43.4 Å². The lowest BCUT2D eigenvalue weighted by atomic mass is 9.92. The van der Waals surface area contributed by atoms with Crippen molar-refractivity contribution in [2.24, 2.45) is 0 Å². The molecule has 2 aromatic carbocycles. The normalized spacial score (nSPS) is 12.3. The minimum atomic E-state index is 0.0462. The summed E-state index contributed by atoms with van der Waals surface area (Å²) >= 11 is 1.86. The average molecular weight is 479 g/mol. The average Bonchev–Trinajstić information content (AvgIpc) is 3.57. The fourth-order valence-corrected chi connectivity index (χ4v) is 5.45. The zero-order chi connectivity index (χ0) is 24.8. The van der Waals surface area contributed by atoms with Crippen LogP contribution in [0.5, 0.6) is 0 Å². The Kier molecular flexibility index (Phi) is 5.85. The van der Waals surface area contributed by atoms with Gasteiger partial charge >= 0.3 is 0 Å². The molecule has 0 saturated carbocycles. The predicted octanol–water partition coefficient (Wildman–Crippen LogP) is 9.67. The third-order valence-corrected chi connectivity index (χ3v) is 7.67. The van der Waals surface area contributed by atoms with Crippen LogP contribution in [-0.4, -0.2) is 9.97 Å². The van der Waals surface area contributed by atoms with Crippen LogP contribution in [0.1, 0.15) is 52.9 Å². The number of aromatic amines is 2. The zero-order valence-electron chi connectivity index (χ0n) is 21.5. The van der Waals surface area contributed by atoms with E-state index in [1.54, 1.807) is 0 Å². The van der Waals surface area contributed by atoms with E-state index in [2.05, 4.69) is 136 Å². The second-order valence-electron chi connectivity index (χ2n) is 11.3. The number of aromatic nitrogens is 2. The Balaban J connectivity index is 1.64. The largest absolute Gasteiger partial charge is 0.357 e. The number of nitrogens with one attached hydrogen (secondary N) is 2. The molecule has 35 heavy (non-hydrogen) atoms. The van der Waals surface area contributed by atoms with Crippen LogP contribution in [0.25, 0.3) is 43.4 Å². The first-order chi connectivity index (χ1) is 16.6. The molecule has 0 radical (unpaired) electrons. The molecular weight excluding hydrogens is 444 g/mol. The van der Waals surface area contributed by atoms with E-state index in [-0.39, 0.29) is 10.8 Å². The molecule has 0 amide bonds. The molecule has 0 aliphatic rings. The van der Waals surface area contributed by atoms with Gasteiger partial charge in [0.1, 0.15) is 0 Å². The SMILES string of the molecule is CC(C)(C)c1cc(-c2ccc(-c3cc(C(C)(C)C)[nH]c3-c3ccccc3)s2)c(-c2ccccc2)[nH]1. The number of rotatable bonds is 4. The summed E-state index contributed by atoms with van der Waals surface area (Å²) in [6.45, 7) is 13.6. The van der Waals surface area contributed by atoms with E-state index < -0.39 is 0 Å². The summed E-state index contributed by atoms with van der Waals surface area (Å²) in [6.07, 6.45) is 0. The summed E-state index contributed by atoms with van der Waals surface area (Å²) in [7, 11) is 0. The lowest BCUT2D eigenvalue weighted by Crippen LogP contribution is -2.11. The molecule has 5 aromatic rings. The quantitative estimate of drug-likeness (QED) is 0.258. The summed E-state index contributed by atoms with van der Waals surface area (Å²) in [6, 6.07) is 30.6. The second-order valence-corrected chi connectivity index (χ2v) is 12.4. The topological polar surface area (TPSA) is 31.6 Å². The van der Waals surface area contributed by atoms with Crippen LogP contribution in [0, 0.1) is 0 Å². The Morgan fingerprint density at radius 1 is 0.514 bits per heavy atom. The molecule has 3 aromatic heterocycles. The lowest BCUT2D eigenvalue weighted by Gasteiger charge is -2.16. The van der Waals surface area contributed by atoms with E-state index in [1.165, 1.54) is 54.8 Å². The predicted molar refractivity (Wildman–Crippen MR) is 152 cm³/mol. The van der Waals surface area contributed by atoms with Crippen molar-refractivity contribution in [2.45, 2.75) is 52.4 Å².